The Morgan fingerprint density at radius 3 is 2.29 bits per heavy atom. The number of aryl methyl sites for hydroxylation is 1. The molecule has 0 aliphatic rings. The quantitative estimate of drug-likeness (QED) is 0.668. The predicted octanol–water partition coefficient (Wildman–Crippen LogP) is 3.37. The Kier molecular flexibility index (Phi) is 7.87. The summed E-state index contributed by atoms with van der Waals surface area (Å²) in [4.78, 5) is 1.12. The lowest BCUT2D eigenvalue weighted by Gasteiger charge is -2.19. The summed E-state index contributed by atoms with van der Waals surface area (Å²) in [5.41, 5.74) is 1.06. The normalized spacial score (nSPS) is 12.2. The molecule has 0 fully saturated rings. The molecule has 6 heteroatoms. The molecule has 0 radical (unpaired) electrons. The maximum Gasteiger partial charge on any atom is 0.252 e. The Hall–Kier alpha value is -0.430. The van der Waals surface area contributed by atoms with Crippen LogP contribution in [0.15, 0.2) is 10.3 Å². The monoisotopic (exact) mass is 332 g/mol. The molecule has 0 aromatic carbocycles. The molecule has 0 amide bonds. The van der Waals surface area contributed by atoms with Gasteiger partial charge in [0.1, 0.15) is 4.21 Å². The molecule has 21 heavy (non-hydrogen) atoms. The van der Waals surface area contributed by atoms with Crippen molar-refractivity contribution in [1.82, 2.24) is 9.62 Å². The topological polar surface area (TPSA) is 49.4 Å². The molecule has 0 bridgehead atoms. The van der Waals surface area contributed by atoms with Gasteiger partial charge in [0.25, 0.3) is 10.0 Å². The van der Waals surface area contributed by atoms with Gasteiger partial charge in [-0.25, -0.2) is 8.42 Å². The van der Waals surface area contributed by atoms with E-state index in [1.807, 2.05) is 26.8 Å². The molecule has 0 saturated carbocycles. The summed E-state index contributed by atoms with van der Waals surface area (Å²) in [6.07, 6.45) is 2.76. The number of thiophene rings is 1. The second-order valence-electron chi connectivity index (χ2n) is 5.25. The van der Waals surface area contributed by atoms with E-state index < -0.39 is 10.0 Å². The van der Waals surface area contributed by atoms with Crippen molar-refractivity contribution in [3.05, 3.63) is 16.5 Å². The highest BCUT2D eigenvalue weighted by molar-refractivity contribution is 7.91. The zero-order valence-electron chi connectivity index (χ0n) is 13.6. The standard InChI is InChI=1S/C15H28N2O2S2/c1-5-8-16-12-14-13(4)11-15(20-14)21(18,19)17(9-6-2)10-7-3/h11,16H,5-10,12H2,1-4H3. The van der Waals surface area contributed by atoms with Gasteiger partial charge in [0.15, 0.2) is 0 Å². The fourth-order valence-corrected chi connectivity index (χ4v) is 5.49. The number of hydrogen-bond donors (Lipinski definition) is 1. The average molecular weight is 333 g/mol. The Labute approximate surface area is 133 Å². The number of rotatable bonds is 10. The molecule has 1 N–H and O–H groups in total. The van der Waals surface area contributed by atoms with Crippen LogP contribution in [-0.2, 0) is 16.6 Å². The third kappa shape index (κ3) is 5.06. The van der Waals surface area contributed by atoms with E-state index in [1.54, 1.807) is 4.31 Å². The van der Waals surface area contributed by atoms with Crippen molar-refractivity contribution in [3.63, 3.8) is 0 Å². The molecular weight excluding hydrogens is 304 g/mol. The first kappa shape index (κ1) is 18.6. The van der Waals surface area contributed by atoms with Crippen LogP contribution in [-0.4, -0.2) is 32.4 Å². The van der Waals surface area contributed by atoms with Crippen LogP contribution in [0.2, 0.25) is 0 Å². The molecule has 0 unspecified atom stereocenters. The Bertz CT molecular complexity index is 518. The van der Waals surface area contributed by atoms with Crippen LogP contribution in [0.4, 0.5) is 0 Å². The maximum absolute atomic E-state index is 12.7. The molecule has 0 spiro atoms. The van der Waals surface area contributed by atoms with Gasteiger partial charge in [0.05, 0.1) is 0 Å². The van der Waals surface area contributed by atoms with Gasteiger partial charge >= 0.3 is 0 Å². The molecule has 4 nitrogen and oxygen atoms in total. The van der Waals surface area contributed by atoms with E-state index in [-0.39, 0.29) is 0 Å². The van der Waals surface area contributed by atoms with Crippen molar-refractivity contribution >= 4 is 21.4 Å². The molecule has 1 aromatic heterocycles. The Morgan fingerprint density at radius 1 is 1.14 bits per heavy atom. The molecular formula is C15H28N2O2S2. The summed E-state index contributed by atoms with van der Waals surface area (Å²) in [5, 5.41) is 3.34. The summed E-state index contributed by atoms with van der Waals surface area (Å²) in [5.74, 6) is 0. The summed E-state index contributed by atoms with van der Waals surface area (Å²) in [6, 6.07) is 1.82. The summed E-state index contributed by atoms with van der Waals surface area (Å²) in [6.45, 7) is 11.0. The highest BCUT2D eigenvalue weighted by Crippen LogP contribution is 2.28. The first-order chi connectivity index (χ1) is 9.97. The molecule has 1 aromatic rings. The van der Waals surface area contributed by atoms with E-state index >= 15 is 0 Å². The van der Waals surface area contributed by atoms with Crippen LogP contribution < -0.4 is 5.32 Å². The third-order valence-electron chi connectivity index (χ3n) is 3.25. The zero-order chi connectivity index (χ0) is 15.9. The highest BCUT2D eigenvalue weighted by atomic mass is 32.2. The minimum Gasteiger partial charge on any atom is -0.312 e. The fourth-order valence-electron chi connectivity index (χ4n) is 2.15. The van der Waals surface area contributed by atoms with E-state index in [0.717, 1.165) is 42.8 Å². The molecule has 0 aliphatic carbocycles. The van der Waals surface area contributed by atoms with Gasteiger partial charge < -0.3 is 5.32 Å². The lowest BCUT2D eigenvalue weighted by molar-refractivity contribution is 0.411. The smallest absolute Gasteiger partial charge is 0.252 e. The maximum atomic E-state index is 12.7. The van der Waals surface area contributed by atoms with E-state index in [2.05, 4.69) is 12.2 Å². The van der Waals surface area contributed by atoms with E-state index in [4.69, 9.17) is 0 Å². The minimum atomic E-state index is -3.33. The van der Waals surface area contributed by atoms with Gasteiger partial charge in [0, 0.05) is 24.5 Å². The van der Waals surface area contributed by atoms with Crippen LogP contribution in [0.25, 0.3) is 0 Å². The molecule has 1 heterocycles. The van der Waals surface area contributed by atoms with Crippen molar-refractivity contribution in [3.8, 4) is 0 Å². The van der Waals surface area contributed by atoms with Crippen molar-refractivity contribution in [1.29, 1.82) is 0 Å². The predicted molar refractivity (Wildman–Crippen MR) is 90.4 cm³/mol. The summed E-state index contributed by atoms with van der Waals surface area (Å²) < 4.78 is 27.5. The van der Waals surface area contributed by atoms with Gasteiger partial charge in [-0.1, -0.05) is 20.8 Å². The Morgan fingerprint density at radius 2 is 1.76 bits per heavy atom. The molecule has 122 valence electrons. The average Bonchev–Trinajstić information content (AvgIpc) is 2.81. The van der Waals surface area contributed by atoms with Crippen LogP contribution in [0.3, 0.4) is 0 Å². The van der Waals surface area contributed by atoms with Crippen molar-refractivity contribution in [2.75, 3.05) is 19.6 Å². The van der Waals surface area contributed by atoms with Crippen LogP contribution in [0.5, 0.6) is 0 Å². The summed E-state index contributed by atoms with van der Waals surface area (Å²) >= 11 is 1.40. The third-order valence-corrected chi connectivity index (χ3v) is 6.84. The highest BCUT2D eigenvalue weighted by Gasteiger charge is 2.25. The van der Waals surface area contributed by atoms with E-state index in [9.17, 15) is 8.42 Å². The van der Waals surface area contributed by atoms with Gasteiger partial charge in [-0.2, -0.15) is 4.31 Å². The van der Waals surface area contributed by atoms with E-state index in [1.165, 1.54) is 11.3 Å². The van der Waals surface area contributed by atoms with E-state index in [0.29, 0.717) is 17.3 Å². The fraction of sp³-hybridized carbons (Fsp3) is 0.733. The SMILES string of the molecule is CCCNCc1sc(S(=O)(=O)N(CCC)CCC)cc1C. The summed E-state index contributed by atoms with van der Waals surface area (Å²) in [7, 11) is -3.33. The van der Waals surface area contributed by atoms with Crippen LogP contribution in [0.1, 0.15) is 50.5 Å². The van der Waals surface area contributed by atoms with Crippen molar-refractivity contribution in [2.45, 2.75) is 57.7 Å². The number of sulfonamides is 1. The Balaban J connectivity index is 2.94. The minimum absolute atomic E-state index is 0.482. The van der Waals surface area contributed by atoms with Crippen molar-refractivity contribution in [2.24, 2.45) is 0 Å². The molecule has 0 aliphatic heterocycles. The zero-order valence-corrected chi connectivity index (χ0v) is 15.2. The lowest BCUT2D eigenvalue weighted by Crippen LogP contribution is -2.32. The number of nitrogens with zero attached hydrogens (tertiary/aromatic N) is 1. The molecule has 0 atom stereocenters. The molecule has 0 saturated heterocycles. The van der Waals surface area contributed by atoms with Crippen molar-refractivity contribution < 1.29 is 8.42 Å². The largest absolute Gasteiger partial charge is 0.312 e. The number of hydrogen-bond acceptors (Lipinski definition) is 4. The van der Waals surface area contributed by atoms with Gasteiger partial charge in [0.2, 0.25) is 0 Å². The molecule has 1 rings (SSSR count). The van der Waals surface area contributed by atoms with Gasteiger partial charge in [-0.3, -0.25) is 0 Å². The second-order valence-corrected chi connectivity index (χ2v) is 8.55. The van der Waals surface area contributed by atoms with Gasteiger partial charge in [-0.15, -0.1) is 11.3 Å². The number of nitrogens with one attached hydrogen (secondary N) is 1. The lowest BCUT2D eigenvalue weighted by atomic mass is 10.3. The van der Waals surface area contributed by atoms with Crippen LogP contribution in [0, 0.1) is 6.92 Å². The first-order valence-electron chi connectivity index (χ1n) is 7.77. The second kappa shape index (κ2) is 8.88. The first-order valence-corrected chi connectivity index (χ1v) is 10.0. The van der Waals surface area contributed by atoms with Gasteiger partial charge in [-0.05, 0) is 44.4 Å². The van der Waals surface area contributed by atoms with Crippen LogP contribution >= 0.6 is 11.3 Å².